The molecule has 202 valence electrons. The number of benzene rings is 2. The molecule has 6 N–H and O–H groups in total. The van der Waals surface area contributed by atoms with Gasteiger partial charge in [-0.25, -0.2) is 0 Å². The minimum atomic E-state index is -0.909. The maximum atomic E-state index is 13.6. The molecule has 0 bridgehead atoms. The Morgan fingerprint density at radius 3 is 2.05 bits per heavy atom. The number of carbonyl (C=O) groups is 4. The summed E-state index contributed by atoms with van der Waals surface area (Å²) in [5, 5.41) is 12.4. The van der Waals surface area contributed by atoms with Gasteiger partial charge in [-0.1, -0.05) is 42.5 Å². The van der Waals surface area contributed by atoms with E-state index in [0.29, 0.717) is 38.8 Å². The molecule has 0 saturated carbocycles. The second-order valence-electron chi connectivity index (χ2n) is 10.0. The molecule has 10 heteroatoms. The van der Waals surface area contributed by atoms with Crippen LogP contribution < -0.4 is 16.8 Å². The zero-order valence-corrected chi connectivity index (χ0v) is 21.3. The lowest BCUT2D eigenvalue weighted by atomic mass is 10.0. The molecular weight excluding hydrogens is 486 g/mol. The first-order valence-corrected chi connectivity index (χ1v) is 13.0. The normalized spacial score (nSPS) is 20.7. The molecule has 0 spiro atoms. The Morgan fingerprint density at radius 1 is 0.842 bits per heavy atom. The van der Waals surface area contributed by atoms with Gasteiger partial charge in [0.15, 0.2) is 0 Å². The lowest BCUT2D eigenvalue weighted by Crippen LogP contribution is -2.57. The van der Waals surface area contributed by atoms with Gasteiger partial charge in [0.1, 0.15) is 23.9 Å². The maximum Gasteiger partial charge on any atom is 0.246 e. The molecule has 2 aliphatic rings. The summed E-state index contributed by atoms with van der Waals surface area (Å²) in [5.74, 6) is -1.55. The molecule has 0 aliphatic carbocycles. The van der Waals surface area contributed by atoms with Crippen LogP contribution in [0.2, 0.25) is 0 Å². The lowest BCUT2D eigenvalue weighted by molar-refractivity contribution is -0.143. The second-order valence-corrected chi connectivity index (χ2v) is 10.0. The van der Waals surface area contributed by atoms with Gasteiger partial charge in [0, 0.05) is 19.5 Å². The van der Waals surface area contributed by atoms with Crippen LogP contribution in [0.25, 0.3) is 0 Å². The molecule has 2 saturated heterocycles. The summed E-state index contributed by atoms with van der Waals surface area (Å²) >= 11 is 0. The number of likely N-dealkylation sites (tertiary alicyclic amines) is 2. The number of rotatable bonds is 9. The molecule has 2 aromatic carbocycles. The average Bonchev–Trinajstić information content (AvgIpc) is 3.60. The monoisotopic (exact) mass is 521 g/mol. The molecule has 4 atom stereocenters. The predicted molar refractivity (Wildman–Crippen MR) is 141 cm³/mol. The fraction of sp³-hybridized carbons (Fsp3) is 0.429. The van der Waals surface area contributed by atoms with Gasteiger partial charge in [-0.15, -0.1) is 0 Å². The van der Waals surface area contributed by atoms with E-state index in [1.807, 2.05) is 30.3 Å². The van der Waals surface area contributed by atoms with Crippen molar-refractivity contribution in [1.82, 2.24) is 15.1 Å². The fourth-order valence-electron chi connectivity index (χ4n) is 5.33. The molecular formula is C28H35N5O5. The summed E-state index contributed by atoms with van der Waals surface area (Å²) in [5.41, 5.74) is 13.4. The smallest absolute Gasteiger partial charge is 0.246 e. The highest BCUT2D eigenvalue weighted by atomic mass is 16.3. The van der Waals surface area contributed by atoms with Gasteiger partial charge in [-0.3, -0.25) is 19.2 Å². The molecule has 4 rings (SSSR count). The van der Waals surface area contributed by atoms with E-state index in [0.717, 1.165) is 11.1 Å². The number of hydrogen-bond donors (Lipinski definition) is 4. The summed E-state index contributed by atoms with van der Waals surface area (Å²) in [4.78, 5) is 55.1. The van der Waals surface area contributed by atoms with Crippen molar-refractivity contribution in [3.8, 4) is 5.75 Å². The van der Waals surface area contributed by atoms with Crippen molar-refractivity contribution in [2.75, 3.05) is 13.1 Å². The topological polar surface area (TPSA) is 159 Å². The molecule has 0 radical (unpaired) electrons. The van der Waals surface area contributed by atoms with Crippen LogP contribution in [0.1, 0.15) is 36.8 Å². The summed E-state index contributed by atoms with van der Waals surface area (Å²) in [6, 6.07) is 12.6. The van der Waals surface area contributed by atoms with Crippen LogP contribution in [0.15, 0.2) is 54.6 Å². The first-order chi connectivity index (χ1) is 18.2. The number of primary amides is 1. The van der Waals surface area contributed by atoms with Gasteiger partial charge >= 0.3 is 0 Å². The molecule has 2 fully saturated rings. The van der Waals surface area contributed by atoms with Crippen molar-refractivity contribution in [2.24, 2.45) is 11.5 Å². The Bertz CT molecular complexity index is 1160. The van der Waals surface area contributed by atoms with E-state index in [4.69, 9.17) is 11.5 Å². The van der Waals surface area contributed by atoms with Crippen molar-refractivity contribution in [3.05, 3.63) is 65.7 Å². The Hall–Kier alpha value is -3.92. The third-order valence-corrected chi connectivity index (χ3v) is 7.31. The number of phenolic OH excluding ortho intramolecular Hbond substituents is 1. The summed E-state index contributed by atoms with van der Waals surface area (Å²) < 4.78 is 0. The van der Waals surface area contributed by atoms with Crippen molar-refractivity contribution < 1.29 is 24.3 Å². The third kappa shape index (κ3) is 6.31. The zero-order chi connectivity index (χ0) is 27.2. The van der Waals surface area contributed by atoms with Crippen molar-refractivity contribution in [1.29, 1.82) is 0 Å². The van der Waals surface area contributed by atoms with E-state index < -0.39 is 36.0 Å². The van der Waals surface area contributed by atoms with Crippen molar-refractivity contribution in [3.63, 3.8) is 0 Å². The molecule has 38 heavy (non-hydrogen) atoms. The minimum absolute atomic E-state index is 0.126. The van der Waals surface area contributed by atoms with Crippen molar-refractivity contribution in [2.45, 2.75) is 62.7 Å². The first-order valence-electron chi connectivity index (χ1n) is 13.0. The molecule has 2 aliphatic heterocycles. The molecule has 0 unspecified atom stereocenters. The summed E-state index contributed by atoms with van der Waals surface area (Å²) in [7, 11) is 0. The number of nitrogens with one attached hydrogen (secondary N) is 1. The summed E-state index contributed by atoms with van der Waals surface area (Å²) in [6.45, 7) is 0.793. The highest BCUT2D eigenvalue weighted by molar-refractivity contribution is 5.95. The van der Waals surface area contributed by atoms with E-state index in [9.17, 15) is 24.3 Å². The highest BCUT2D eigenvalue weighted by Gasteiger charge is 2.40. The first kappa shape index (κ1) is 27.1. The second kappa shape index (κ2) is 12.1. The Balaban J connectivity index is 1.47. The van der Waals surface area contributed by atoms with Crippen LogP contribution >= 0.6 is 0 Å². The van der Waals surface area contributed by atoms with Gasteiger partial charge in [-0.2, -0.15) is 0 Å². The average molecular weight is 522 g/mol. The number of nitrogens with two attached hydrogens (primary N) is 2. The minimum Gasteiger partial charge on any atom is -0.508 e. The highest BCUT2D eigenvalue weighted by Crippen LogP contribution is 2.22. The number of amides is 4. The van der Waals surface area contributed by atoms with Crippen LogP contribution in [0.5, 0.6) is 5.75 Å². The van der Waals surface area contributed by atoms with Crippen LogP contribution in [0.3, 0.4) is 0 Å². The zero-order valence-electron chi connectivity index (χ0n) is 21.3. The van der Waals surface area contributed by atoms with Crippen LogP contribution in [0.4, 0.5) is 0 Å². The largest absolute Gasteiger partial charge is 0.508 e. The number of phenols is 1. The Morgan fingerprint density at radius 2 is 1.42 bits per heavy atom. The van der Waals surface area contributed by atoms with Gasteiger partial charge in [0.25, 0.3) is 0 Å². The Labute approximate surface area is 222 Å². The van der Waals surface area contributed by atoms with Gasteiger partial charge in [0.2, 0.25) is 23.6 Å². The van der Waals surface area contributed by atoms with E-state index in [2.05, 4.69) is 5.32 Å². The fourth-order valence-corrected chi connectivity index (χ4v) is 5.33. The van der Waals surface area contributed by atoms with Gasteiger partial charge in [-0.05, 0) is 55.4 Å². The molecule has 10 nitrogen and oxygen atoms in total. The van der Waals surface area contributed by atoms with Gasteiger partial charge in [0.05, 0.1) is 6.04 Å². The molecule has 2 aromatic rings. The van der Waals surface area contributed by atoms with Crippen LogP contribution in [-0.4, -0.2) is 75.8 Å². The van der Waals surface area contributed by atoms with E-state index >= 15 is 0 Å². The third-order valence-electron chi connectivity index (χ3n) is 7.31. The number of nitrogens with zero attached hydrogens (tertiary/aromatic N) is 2. The maximum absolute atomic E-state index is 13.6. The molecule has 2 heterocycles. The Kier molecular flexibility index (Phi) is 8.62. The van der Waals surface area contributed by atoms with E-state index in [1.165, 1.54) is 21.9 Å². The molecule has 0 aromatic heterocycles. The SMILES string of the molecule is NC(=O)[C@@H]1CCCN1C(=O)[C@@H](Cc1ccccc1)NC(=O)[C@@H]1CCCN1C(=O)[C@@H](N)Cc1ccc(O)cc1. The van der Waals surface area contributed by atoms with Crippen molar-refractivity contribution >= 4 is 23.6 Å². The standard InChI is InChI=1S/C28H35N5O5/c29-21(16-19-10-12-20(34)13-11-19)27(37)33-15-5-9-24(33)26(36)31-22(17-18-6-2-1-3-7-18)28(38)32-14-4-8-23(32)25(30)35/h1-3,6-7,10-13,21-24,34H,4-5,8-9,14-17,29H2,(H2,30,35)(H,31,36)/t21-,22+,23-,24-/m0/s1. The van der Waals surface area contributed by atoms with E-state index in [1.54, 1.807) is 12.1 Å². The number of aromatic hydroxyl groups is 1. The quantitative estimate of drug-likeness (QED) is 0.375. The predicted octanol–water partition coefficient (Wildman–Crippen LogP) is 0.457. The van der Waals surface area contributed by atoms with Crippen LogP contribution in [0, 0.1) is 0 Å². The van der Waals surface area contributed by atoms with E-state index in [-0.39, 0.29) is 30.4 Å². The lowest BCUT2D eigenvalue weighted by Gasteiger charge is -2.31. The van der Waals surface area contributed by atoms with Crippen LogP contribution in [-0.2, 0) is 32.0 Å². The molecule has 4 amide bonds. The van der Waals surface area contributed by atoms with Gasteiger partial charge < -0.3 is 31.7 Å². The summed E-state index contributed by atoms with van der Waals surface area (Å²) in [6.07, 6.45) is 2.77. The number of hydrogen-bond acceptors (Lipinski definition) is 6. The number of carbonyl (C=O) groups excluding carboxylic acids is 4.